The van der Waals surface area contributed by atoms with Crippen molar-refractivity contribution in [3.63, 3.8) is 0 Å². The van der Waals surface area contributed by atoms with E-state index in [1.54, 1.807) is 64.3 Å². The third-order valence-electron chi connectivity index (χ3n) is 5.33. The summed E-state index contributed by atoms with van der Waals surface area (Å²) in [7, 11) is 1.55. The molecule has 0 spiro atoms. The molecular weight excluding hydrogens is 470 g/mol. The molecule has 0 bridgehead atoms. The normalized spacial score (nSPS) is 12.6. The first kappa shape index (κ1) is 29.2. The van der Waals surface area contributed by atoms with E-state index in [-0.39, 0.29) is 5.92 Å². The van der Waals surface area contributed by atoms with Crippen molar-refractivity contribution < 1.29 is 23.9 Å². The Bertz CT molecular complexity index is 1110. The number of methoxy groups -OCH3 is 1. The summed E-state index contributed by atoms with van der Waals surface area (Å²) in [5.41, 5.74) is 1.28. The summed E-state index contributed by atoms with van der Waals surface area (Å²) in [6.45, 7) is 11.0. The second kappa shape index (κ2) is 12.8. The summed E-state index contributed by atoms with van der Waals surface area (Å²) in [6.07, 6.45) is 5.39. The zero-order valence-electron chi connectivity index (χ0n) is 22.6. The van der Waals surface area contributed by atoms with Gasteiger partial charge in [-0.1, -0.05) is 50.1 Å². The molecule has 2 unspecified atom stereocenters. The van der Waals surface area contributed by atoms with Gasteiger partial charge in [0.2, 0.25) is 0 Å². The molecule has 0 aliphatic carbocycles. The van der Waals surface area contributed by atoms with Crippen LogP contribution in [-0.4, -0.2) is 41.6 Å². The highest BCUT2D eigenvalue weighted by molar-refractivity contribution is 5.99. The number of rotatable bonds is 9. The molecule has 2 rings (SSSR count). The Labute approximate surface area is 219 Å². The van der Waals surface area contributed by atoms with E-state index in [9.17, 15) is 14.4 Å². The van der Waals surface area contributed by atoms with Gasteiger partial charge in [-0.25, -0.2) is 4.79 Å². The third-order valence-corrected chi connectivity index (χ3v) is 5.33. The van der Waals surface area contributed by atoms with E-state index in [0.29, 0.717) is 23.4 Å². The molecule has 2 aromatic carbocycles. The Morgan fingerprint density at radius 3 is 2.11 bits per heavy atom. The lowest BCUT2D eigenvalue weighted by Gasteiger charge is -2.31. The number of anilines is 1. The van der Waals surface area contributed by atoms with Crippen molar-refractivity contribution in [1.29, 1.82) is 0 Å². The van der Waals surface area contributed by atoms with E-state index in [4.69, 9.17) is 15.9 Å². The van der Waals surface area contributed by atoms with Gasteiger partial charge in [-0.3, -0.25) is 14.5 Å². The number of alkyl carbamates (subject to hydrolysis) is 1. The van der Waals surface area contributed by atoms with Gasteiger partial charge in [-0.2, -0.15) is 0 Å². The highest BCUT2D eigenvalue weighted by Gasteiger charge is 2.36. The first-order chi connectivity index (χ1) is 17.3. The number of carbonyl (C=O) groups excluding carboxylic acids is 3. The molecule has 3 amide bonds. The molecule has 0 saturated carbocycles. The van der Waals surface area contributed by atoms with E-state index >= 15 is 0 Å². The van der Waals surface area contributed by atoms with Crippen molar-refractivity contribution in [2.45, 2.75) is 65.6 Å². The molecule has 37 heavy (non-hydrogen) atoms. The fourth-order valence-electron chi connectivity index (χ4n) is 3.63. The molecule has 0 aliphatic rings. The van der Waals surface area contributed by atoms with Gasteiger partial charge < -0.3 is 20.1 Å². The summed E-state index contributed by atoms with van der Waals surface area (Å²) in [6, 6.07) is 14.2. The lowest BCUT2D eigenvalue weighted by atomic mass is 9.99. The van der Waals surface area contributed by atoms with Crippen molar-refractivity contribution in [2.24, 2.45) is 5.92 Å². The Morgan fingerprint density at radius 1 is 1.03 bits per heavy atom. The maximum Gasteiger partial charge on any atom is 0.408 e. The lowest BCUT2D eigenvalue weighted by Crippen LogP contribution is -2.51. The van der Waals surface area contributed by atoms with Crippen LogP contribution < -0.4 is 15.4 Å². The number of nitrogens with zero attached hydrogens (tertiary/aromatic N) is 1. The van der Waals surface area contributed by atoms with Crippen LogP contribution in [0.2, 0.25) is 0 Å². The number of ether oxygens (including phenoxy) is 2. The van der Waals surface area contributed by atoms with Crippen LogP contribution in [0.4, 0.5) is 10.5 Å². The molecule has 0 aliphatic heterocycles. The number of amides is 3. The predicted molar refractivity (Wildman–Crippen MR) is 144 cm³/mol. The fourth-order valence-corrected chi connectivity index (χ4v) is 3.63. The largest absolute Gasteiger partial charge is 0.497 e. The second-order valence-electron chi connectivity index (χ2n) is 10.2. The van der Waals surface area contributed by atoms with Crippen LogP contribution in [0.15, 0.2) is 48.5 Å². The zero-order chi connectivity index (χ0) is 27.8. The Hall–Kier alpha value is -3.99. The van der Waals surface area contributed by atoms with Gasteiger partial charge in [0, 0.05) is 11.7 Å². The first-order valence-electron chi connectivity index (χ1n) is 12.1. The number of benzene rings is 2. The van der Waals surface area contributed by atoms with Gasteiger partial charge in [-0.15, -0.1) is 0 Å². The molecule has 8 nitrogen and oxygen atoms in total. The second-order valence-corrected chi connectivity index (χ2v) is 10.2. The Kier molecular flexibility index (Phi) is 10.1. The topological polar surface area (TPSA) is 97.0 Å². The van der Waals surface area contributed by atoms with Crippen LogP contribution in [0, 0.1) is 25.3 Å². The van der Waals surface area contributed by atoms with E-state index in [1.165, 1.54) is 0 Å². The Balaban J connectivity index is 2.43. The summed E-state index contributed by atoms with van der Waals surface area (Å²) in [5, 5.41) is 5.47. The monoisotopic (exact) mass is 507 g/mol. The van der Waals surface area contributed by atoms with Crippen molar-refractivity contribution in [1.82, 2.24) is 10.2 Å². The van der Waals surface area contributed by atoms with Crippen LogP contribution >= 0.6 is 0 Å². The van der Waals surface area contributed by atoms with Crippen molar-refractivity contribution in [3.8, 4) is 18.2 Å². The minimum Gasteiger partial charge on any atom is -0.497 e. The number of aryl methyl sites for hydroxylation is 1. The maximum atomic E-state index is 13.7. The number of carbonyl (C=O) groups is 3. The average molecular weight is 508 g/mol. The molecule has 8 heteroatoms. The Morgan fingerprint density at radius 2 is 1.62 bits per heavy atom. The summed E-state index contributed by atoms with van der Waals surface area (Å²) in [5.74, 6) is -0.397. The van der Waals surface area contributed by atoms with Crippen LogP contribution in [0.1, 0.15) is 58.2 Å². The van der Waals surface area contributed by atoms with Gasteiger partial charge in [0.15, 0.2) is 0 Å². The minimum atomic E-state index is -1.14. The smallest absolute Gasteiger partial charge is 0.408 e. The summed E-state index contributed by atoms with van der Waals surface area (Å²) in [4.78, 5) is 40.9. The number of nitrogens with one attached hydrogen (secondary N) is 2. The molecule has 0 radical (unpaired) electrons. The van der Waals surface area contributed by atoms with E-state index < -0.39 is 35.6 Å². The molecule has 0 saturated heterocycles. The van der Waals surface area contributed by atoms with Crippen LogP contribution in [-0.2, 0) is 14.3 Å². The van der Waals surface area contributed by atoms with Crippen LogP contribution in [0.25, 0.3) is 0 Å². The lowest BCUT2D eigenvalue weighted by molar-refractivity contribution is -0.137. The standard InChI is InChI=1S/C29H37N3O5/c1-9-32(27(34)24(18-19(2)3)31-28(35)37-29(5,6)7)25(21-12-10-20(4)11-13-21)26(33)30-22-14-16-23(36-8)17-15-22/h1,10-17,19,24-25H,18H2,2-8H3,(H,30,33)(H,31,35). The average Bonchev–Trinajstić information content (AvgIpc) is 2.81. The minimum absolute atomic E-state index is 0.0504. The third kappa shape index (κ3) is 8.87. The highest BCUT2D eigenvalue weighted by Crippen LogP contribution is 2.26. The van der Waals surface area contributed by atoms with Gasteiger partial charge in [0.25, 0.3) is 11.8 Å². The molecule has 198 valence electrons. The number of hydrogen-bond acceptors (Lipinski definition) is 5. The predicted octanol–water partition coefficient (Wildman–Crippen LogP) is 5.04. The van der Waals surface area contributed by atoms with Gasteiger partial charge in [-0.05, 0) is 69.9 Å². The first-order valence-corrected chi connectivity index (χ1v) is 12.1. The number of terminal acetylenes is 1. The molecule has 0 heterocycles. The molecule has 2 N–H and O–H groups in total. The SMILES string of the molecule is C#CN(C(=O)C(CC(C)C)NC(=O)OC(C)(C)C)C(C(=O)Nc1ccc(OC)cc1)c1ccc(C)cc1. The van der Waals surface area contributed by atoms with E-state index in [1.807, 2.05) is 32.9 Å². The zero-order valence-corrected chi connectivity index (χ0v) is 22.6. The van der Waals surface area contributed by atoms with Gasteiger partial charge in [0.05, 0.1) is 7.11 Å². The van der Waals surface area contributed by atoms with Crippen molar-refractivity contribution >= 4 is 23.6 Å². The van der Waals surface area contributed by atoms with E-state index in [0.717, 1.165) is 10.5 Å². The maximum absolute atomic E-state index is 13.7. The fraction of sp³-hybridized carbons (Fsp3) is 0.414. The summed E-state index contributed by atoms with van der Waals surface area (Å²) >= 11 is 0. The molecule has 2 atom stereocenters. The molecule has 0 fully saturated rings. The molecular formula is C29H37N3O5. The summed E-state index contributed by atoms with van der Waals surface area (Å²) < 4.78 is 10.5. The molecule has 2 aromatic rings. The highest BCUT2D eigenvalue weighted by atomic mass is 16.6. The van der Waals surface area contributed by atoms with Gasteiger partial charge in [0.1, 0.15) is 23.4 Å². The number of hydrogen-bond donors (Lipinski definition) is 2. The van der Waals surface area contributed by atoms with Crippen molar-refractivity contribution in [2.75, 3.05) is 12.4 Å². The molecule has 0 aromatic heterocycles. The van der Waals surface area contributed by atoms with Crippen LogP contribution in [0.3, 0.4) is 0 Å². The van der Waals surface area contributed by atoms with Crippen molar-refractivity contribution in [3.05, 3.63) is 59.7 Å². The van der Waals surface area contributed by atoms with E-state index in [2.05, 4.69) is 16.7 Å². The van der Waals surface area contributed by atoms with Gasteiger partial charge >= 0.3 is 6.09 Å². The van der Waals surface area contributed by atoms with Crippen LogP contribution in [0.5, 0.6) is 5.75 Å². The quantitative estimate of drug-likeness (QED) is 0.366.